The molecule has 0 rings (SSSR count). The highest BCUT2D eigenvalue weighted by atomic mass is 79.9. The lowest BCUT2D eigenvalue weighted by atomic mass is 10.1. The zero-order valence-corrected chi connectivity index (χ0v) is 14.5. The maximum atomic E-state index is 10.3. The van der Waals surface area contributed by atoms with E-state index in [-0.39, 0.29) is 18.4 Å². The molecule has 0 aromatic carbocycles. The summed E-state index contributed by atoms with van der Waals surface area (Å²) < 4.78 is 0. The highest BCUT2D eigenvalue weighted by molar-refractivity contribution is 7.97. The molecule has 4 nitrogen and oxygen atoms in total. The third kappa shape index (κ3) is 20.5. The van der Waals surface area contributed by atoms with Gasteiger partial charge in [-0.25, -0.2) is 4.79 Å². The molecule has 0 atom stereocenters. The Morgan fingerprint density at radius 2 is 1.47 bits per heavy atom. The summed E-state index contributed by atoms with van der Waals surface area (Å²) in [7, 11) is 0. The van der Waals surface area contributed by atoms with Crippen LogP contribution in [0.25, 0.3) is 0 Å². The largest absolute Gasteiger partial charge is 1.00 e. The molecule has 0 aromatic rings. The summed E-state index contributed by atoms with van der Waals surface area (Å²) in [6, 6.07) is -0.537. The van der Waals surface area contributed by atoms with Crippen LogP contribution in [0.3, 0.4) is 0 Å². The number of carbonyl (C=O) groups excluding carboxylic acids is 1. The average Bonchev–Trinajstić information content (AvgIpc) is 2.34. The fourth-order valence-corrected chi connectivity index (χ4v) is 2.42. The molecule has 0 radical (unpaired) electrons. The first-order valence-corrected chi connectivity index (χ1v) is 8.18. The van der Waals surface area contributed by atoms with Gasteiger partial charge in [0.25, 0.3) is 0 Å². The van der Waals surface area contributed by atoms with Crippen LogP contribution in [0.15, 0.2) is 0 Å². The molecule has 0 saturated heterocycles. The maximum absolute atomic E-state index is 10.3. The van der Waals surface area contributed by atoms with Crippen molar-refractivity contribution in [2.24, 2.45) is 5.73 Å². The van der Waals surface area contributed by atoms with Crippen molar-refractivity contribution in [2.75, 3.05) is 5.75 Å². The minimum absolute atomic E-state index is 0. The maximum Gasteiger partial charge on any atom is 1.00 e. The summed E-state index contributed by atoms with van der Waals surface area (Å²) in [5.74, 6) is 1.01. The minimum Gasteiger partial charge on any atom is -1.00 e. The number of hydrogen-bond acceptors (Lipinski definition) is 3. The van der Waals surface area contributed by atoms with Crippen molar-refractivity contribution in [3.8, 4) is 0 Å². The van der Waals surface area contributed by atoms with Crippen molar-refractivity contribution in [3.63, 3.8) is 0 Å². The van der Waals surface area contributed by atoms with Gasteiger partial charge in [0.05, 0.1) is 0 Å². The van der Waals surface area contributed by atoms with Gasteiger partial charge in [-0.1, -0.05) is 76.7 Å². The lowest BCUT2D eigenvalue weighted by molar-refractivity contribution is -0.00000735. The number of primary amides is 1. The molecule has 0 aliphatic heterocycles. The first kappa shape index (κ1) is 21.4. The standard InChI is InChI=1S/C13H29N3OS.BrH/c1-2-3-4-5-6-7-8-9-10-11-12-18-16-15-13(14)17;/h16H,2-12H2,1H3,(H3,14,15,17);1H. The van der Waals surface area contributed by atoms with Crippen molar-refractivity contribution in [1.82, 2.24) is 10.3 Å². The van der Waals surface area contributed by atoms with Gasteiger partial charge in [-0.3, -0.25) is 5.43 Å². The van der Waals surface area contributed by atoms with Crippen molar-refractivity contribution in [2.45, 2.75) is 71.1 Å². The van der Waals surface area contributed by atoms with Crippen LogP contribution in [-0.2, 0) is 0 Å². The molecule has 0 bridgehead atoms. The van der Waals surface area contributed by atoms with E-state index >= 15 is 0 Å². The van der Waals surface area contributed by atoms with Gasteiger partial charge in [0.2, 0.25) is 0 Å². The van der Waals surface area contributed by atoms with Gasteiger partial charge >= 0.3 is 7.46 Å². The van der Waals surface area contributed by atoms with Crippen LogP contribution in [-0.4, -0.2) is 11.8 Å². The summed E-state index contributed by atoms with van der Waals surface area (Å²) >= 11 is 1.50. The molecule has 19 heavy (non-hydrogen) atoms. The monoisotopic (exact) mass is 355 g/mol. The van der Waals surface area contributed by atoms with Crippen molar-refractivity contribution >= 4 is 18.0 Å². The summed E-state index contributed by atoms with van der Waals surface area (Å²) in [4.78, 5) is 13.0. The van der Waals surface area contributed by atoms with Crippen LogP contribution in [0.5, 0.6) is 0 Å². The molecule has 0 fully saturated rings. The van der Waals surface area contributed by atoms with Gasteiger partial charge in [0.15, 0.2) is 0 Å². The van der Waals surface area contributed by atoms with E-state index in [0.717, 1.165) is 5.75 Å². The van der Waals surface area contributed by atoms with E-state index in [0.29, 0.717) is 0 Å². The minimum atomic E-state index is -0.537. The number of halogens is 1. The Morgan fingerprint density at radius 3 is 1.95 bits per heavy atom. The molecule has 0 spiro atoms. The molecule has 4 N–H and O–H groups in total. The van der Waals surface area contributed by atoms with Gasteiger partial charge < -0.3 is 22.7 Å². The number of nitrogens with one attached hydrogen (secondary N) is 2. The number of unbranched alkanes of at least 4 members (excludes halogenated alkanes) is 9. The van der Waals surface area contributed by atoms with Gasteiger partial charge in [-0.2, -0.15) is 4.83 Å². The van der Waals surface area contributed by atoms with Crippen LogP contribution in [0, 0.1) is 0 Å². The zero-order chi connectivity index (χ0) is 13.5. The fraction of sp³-hybridized carbons (Fsp3) is 0.923. The number of nitrogens with two attached hydrogens (primary N) is 1. The van der Waals surface area contributed by atoms with Crippen LogP contribution >= 0.6 is 11.9 Å². The first-order valence-electron chi connectivity index (χ1n) is 7.19. The number of carbonyl (C=O) groups is 1. The molecule has 116 valence electrons. The second-order valence-electron chi connectivity index (χ2n) is 4.62. The molecule has 0 saturated carbocycles. The van der Waals surface area contributed by atoms with E-state index in [9.17, 15) is 4.79 Å². The molecular weight excluding hydrogens is 326 g/mol. The second-order valence-corrected chi connectivity index (χ2v) is 5.52. The lowest BCUT2D eigenvalue weighted by Gasteiger charge is -2.04. The summed E-state index contributed by atoms with van der Waals surface area (Å²) in [5, 5.41) is 0. The molecular formula is C13H30BrN3OS. The molecule has 0 aliphatic rings. The number of urea groups is 1. The fourth-order valence-electron chi connectivity index (χ4n) is 1.80. The molecule has 0 unspecified atom stereocenters. The van der Waals surface area contributed by atoms with Crippen LogP contribution < -0.4 is 33.0 Å². The van der Waals surface area contributed by atoms with E-state index in [1.807, 2.05) is 0 Å². The lowest BCUT2D eigenvalue weighted by Crippen LogP contribution is -3.00. The van der Waals surface area contributed by atoms with E-state index in [2.05, 4.69) is 17.2 Å². The number of rotatable bonds is 13. The Balaban J connectivity index is -0.00000144. The van der Waals surface area contributed by atoms with Gasteiger partial charge in [-0.15, -0.1) is 0 Å². The van der Waals surface area contributed by atoms with Crippen LogP contribution in [0.4, 0.5) is 4.79 Å². The van der Waals surface area contributed by atoms with Crippen LogP contribution in [0.2, 0.25) is 0 Å². The topological polar surface area (TPSA) is 67.2 Å². The Labute approximate surface area is 134 Å². The quantitative estimate of drug-likeness (QED) is 0.260. The van der Waals surface area contributed by atoms with Gasteiger partial charge in [0, 0.05) is 5.75 Å². The highest BCUT2D eigenvalue weighted by Gasteiger charge is 1.94. The van der Waals surface area contributed by atoms with Crippen molar-refractivity contribution < 1.29 is 23.2 Å². The summed E-state index contributed by atoms with van der Waals surface area (Å²) in [5.41, 5.74) is 7.24. The van der Waals surface area contributed by atoms with E-state index in [1.165, 1.54) is 76.2 Å². The molecule has 0 heterocycles. The number of amides is 2. The van der Waals surface area contributed by atoms with E-state index < -0.39 is 6.03 Å². The Bertz CT molecular complexity index is 202. The first-order chi connectivity index (χ1) is 8.77. The summed E-state index contributed by atoms with van der Waals surface area (Å²) in [6.45, 7) is 2.26. The second kappa shape index (κ2) is 18.1. The number of hydrazine groups is 1. The SMILES string of the molecule is CCCCCCCCCCCCSNNC(N)=O.[Br-].[H+]. The Morgan fingerprint density at radius 1 is 1.00 bits per heavy atom. The van der Waals surface area contributed by atoms with Crippen molar-refractivity contribution in [1.29, 1.82) is 0 Å². The van der Waals surface area contributed by atoms with E-state index in [4.69, 9.17) is 5.73 Å². The molecule has 0 aromatic heterocycles. The molecule has 0 aliphatic carbocycles. The Kier molecular flexibility index (Phi) is 20.3. The van der Waals surface area contributed by atoms with Crippen LogP contribution in [0.1, 0.15) is 72.6 Å². The molecule has 6 heteroatoms. The zero-order valence-electron chi connectivity index (χ0n) is 13.0. The number of hydrogen-bond donors (Lipinski definition) is 3. The predicted octanol–water partition coefficient (Wildman–Crippen LogP) is 0.845. The third-order valence-electron chi connectivity index (χ3n) is 2.85. The van der Waals surface area contributed by atoms with E-state index in [1.54, 1.807) is 0 Å². The van der Waals surface area contributed by atoms with Gasteiger partial charge in [0.1, 0.15) is 0 Å². The summed E-state index contributed by atoms with van der Waals surface area (Å²) in [6.07, 6.45) is 13.5. The van der Waals surface area contributed by atoms with Gasteiger partial charge in [-0.05, 0) is 6.42 Å². The smallest absolute Gasteiger partial charge is 1.00 e. The normalized spacial score (nSPS) is 9.95. The molecule has 2 amide bonds. The third-order valence-corrected chi connectivity index (χ3v) is 3.59. The predicted molar refractivity (Wildman–Crippen MR) is 81.3 cm³/mol. The Hall–Kier alpha value is 0.0600. The highest BCUT2D eigenvalue weighted by Crippen LogP contribution is 2.11. The average molecular weight is 356 g/mol. The van der Waals surface area contributed by atoms with Crippen molar-refractivity contribution in [3.05, 3.63) is 0 Å².